The van der Waals surface area contributed by atoms with Crippen molar-refractivity contribution in [3.05, 3.63) is 56.5 Å². The molecule has 0 N–H and O–H groups in total. The van der Waals surface area contributed by atoms with E-state index in [4.69, 9.17) is 4.42 Å². The van der Waals surface area contributed by atoms with E-state index in [-0.39, 0.29) is 5.69 Å². The summed E-state index contributed by atoms with van der Waals surface area (Å²) in [7, 11) is 0. The van der Waals surface area contributed by atoms with Crippen LogP contribution in [0.2, 0.25) is 0 Å². The van der Waals surface area contributed by atoms with E-state index < -0.39 is 4.92 Å². The van der Waals surface area contributed by atoms with E-state index in [1.54, 1.807) is 6.92 Å². The monoisotopic (exact) mass is 332 g/mol. The van der Waals surface area contributed by atoms with Crippen molar-refractivity contribution < 1.29 is 9.34 Å². The van der Waals surface area contributed by atoms with Crippen LogP contribution in [0.25, 0.3) is 22.6 Å². The molecule has 6 heteroatoms. The molecule has 0 amide bonds. The number of benzene rings is 2. The second-order valence-electron chi connectivity index (χ2n) is 4.39. The molecule has 0 bridgehead atoms. The maximum Gasteiger partial charge on any atom is 0.272 e. The van der Waals surface area contributed by atoms with E-state index in [2.05, 4.69) is 20.9 Å². The van der Waals surface area contributed by atoms with Gasteiger partial charge in [0.1, 0.15) is 5.52 Å². The smallest absolute Gasteiger partial charge is 0.272 e. The first kappa shape index (κ1) is 12.8. The molecule has 0 aliphatic carbocycles. The molecule has 0 fully saturated rings. The normalized spacial score (nSPS) is 10.9. The zero-order chi connectivity index (χ0) is 14.3. The molecule has 0 aliphatic rings. The number of nitrogens with zero attached hydrogens (tertiary/aromatic N) is 2. The summed E-state index contributed by atoms with van der Waals surface area (Å²) in [5.41, 5.74) is 2.62. The van der Waals surface area contributed by atoms with Gasteiger partial charge in [-0.25, -0.2) is 4.98 Å². The van der Waals surface area contributed by atoms with E-state index in [0.29, 0.717) is 22.6 Å². The van der Waals surface area contributed by atoms with Crippen molar-refractivity contribution in [2.75, 3.05) is 0 Å². The summed E-state index contributed by atoms with van der Waals surface area (Å²) in [6.45, 7) is 1.77. The van der Waals surface area contributed by atoms with Gasteiger partial charge in [0.25, 0.3) is 5.69 Å². The fourth-order valence-corrected chi connectivity index (χ4v) is 2.27. The molecule has 2 aromatic carbocycles. The number of aryl methyl sites for hydroxylation is 1. The highest BCUT2D eigenvalue weighted by Crippen LogP contribution is 2.30. The first-order valence-electron chi connectivity index (χ1n) is 5.86. The van der Waals surface area contributed by atoms with Crippen LogP contribution in [0.4, 0.5) is 5.69 Å². The Morgan fingerprint density at radius 1 is 1.25 bits per heavy atom. The average molecular weight is 333 g/mol. The number of hydrogen-bond donors (Lipinski definition) is 0. The van der Waals surface area contributed by atoms with Gasteiger partial charge in [-0.15, -0.1) is 0 Å². The van der Waals surface area contributed by atoms with Crippen molar-refractivity contribution in [1.29, 1.82) is 0 Å². The number of aromatic nitrogens is 1. The van der Waals surface area contributed by atoms with Gasteiger partial charge in [-0.3, -0.25) is 10.1 Å². The third-order valence-corrected chi connectivity index (χ3v) is 3.49. The van der Waals surface area contributed by atoms with Crippen LogP contribution in [-0.2, 0) is 0 Å². The first-order chi connectivity index (χ1) is 9.54. The second kappa shape index (κ2) is 4.72. The van der Waals surface area contributed by atoms with Crippen molar-refractivity contribution in [2.45, 2.75) is 6.92 Å². The molecule has 0 saturated carbocycles. The van der Waals surface area contributed by atoms with Gasteiger partial charge in [0.05, 0.1) is 4.92 Å². The van der Waals surface area contributed by atoms with Crippen molar-refractivity contribution >= 4 is 32.7 Å². The van der Waals surface area contributed by atoms with E-state index in [1.807, 2.05) is 24.3 Å². The summed E-state index contributed by atoms with van der Waals surface area (Å²) in [5.74, 6) is 0.455. The van der Waals surface area contributed by atoms with Crippen LogP contribution in [-0.4, -0.2) is 9.91 Å². The molecule has 0 aliphatic heterocycles. The Morgan fingerprint density at radius 2 is 1.95 bits per heavy atom. The van der Waals surface area contributed by atoms with Gasteiger partial charge in [-0.05, 0) is 31.2 Å². The van der Waals surface area contributed by atoms with E-state index in [1.165, 1.54) is 12.1 Å². The molecular weight excluding hydrogens is 324 g/mol. The quantitative estimate of drug-likeness (QED) is 0.512. The van der Waals surface area contributed by atoms with Gasteiger partial charge in [-0.1, -0.05) is 15.9 Å². The van der Waals surface area contributed by atoms with Gasteiger partial charge in [0.2, 0.25) is 5.89 Å². The fraction of sp³-hybridized carbons (Fsp3) is 0.0714. The van der Waals surface area contributed by atoms with Crippen LogP contribution in [0.1, 0.15) is 5.56 Å². The minimum absolute atomic E-state index is 0.0191. The number of non-ortho nitro benzene ring substituents is 1. The Hall–Kier alpha value is -2.21. The van der Waals surface area contributed by atoms with Gasteiger partial charge in [0.15, 0.2) is 5.58 Å². The molecule has 0 spiro atoms. The Kier molecular flexibility index (Phi) is 3.02. The summed E-state index contributed by atoms with van der Waals surface area (Å²) in [6, 6.07) is 10.4. The zero-order valence-corrected chi connectivity index (χ0v) is 12.0. The van der Waals surface area contributed by atoms with Crippen LogP contribution >= 0.6 is 15.9 Å². The minimum atomic E-state index is -0.430. The first-order valence-corrected chi connectivity index (χ1v) is 6.65. The molecule has 0 saturated heterocycles. The fourth-order valence-electron chi connectivity index (χ4n) is 2.00. The summed E-state index contributed by atoms with van der Waals surface area (Å²) in [6.07, 6.45) is 0. The highest BCUT2D eigenvalue weighted by molar-refractivity contribution is 9.10. The standard InChI is InChI=1S/C14H9BrN2O3/c1-8-6-11(17(18)19)7-12-13(8)20-14(16-12)9-2-4-10(15)5-3-9/h2-7H,1H3. The third kappa shape index (κ3) is 2.18. The van der Waals surface area contributed by atoms with Crippen LogP contribution in [0.5, 0.6) is 0 Å². The molecular formula is C14H9BrN2O3. The molecule has 20 heavy (non-hydrogen) atoms. The predicted octanol–water partition coefficient (Wildman–Crippen LogP) is 4.47. The summed E-state index contributed by atoms with van der Waals surface area (Å²) in [4.78, 5) is 14.8. The third-order valence-electron chi connectivity index (χ3n) is 2.96. The lowest BCUT2D eigenvalue weighted by Gasteiger charge is -1.95. The van der Waals surface area contributed by atoms with Crippen LogP contribution in [0, 0.1) is 17.0 Å². The number of oxazole rings is 1. The van der Waals surface area contributed by atoms with Gasteiger partial charge in [0, 0.05) is 27.7 Å². The van der Waals surface area contributed by atoms with Crippen molar-refractivity contribution in [1.82, 2.24) is 4.98 Å². The minimum Gasteiger partial charge on any atom is -0.436 e. The summed E-state index contributed by atoms with van der Waals surface area (Å²) < 4.78 is 6.67. The van der Waals surface area contributed by atoms with Gasteiger partial charge >= 0.3 is 0 Å². The van der Waals surface area contributed by atoms with E-state index in [0.717, 1.165) is 10.0 Å². The maximum atomic E-state index is 10.9. The maximum absolute atomic E-state index is 10.9. The second-order valence-corrected chi connectivity index (χ2v) is 5.31. The highest BCUT2D eigenvalue weighted by atomic mass is 79.9. The molecule has 0 radical (unpaired) electrons. The molecule has 0 unspecified atom stereocenters. The Bertz CT molecular complexity index is 809. The van der Waals surface area contributed by atoms with Crippen molar-refractivity contribution in [2.24, 2.45) is 0 Å². The SMILES string of the molecule is Cc1cc([N+](=O)[O-])cc2nc(-c3ccc(Br)cc3)oc12. The molecule has 3 rings (SSSR count). The summed E-state index contributed by atoms with van der Waals surface area (Å²) in [5, 5.41) is 10.9. The van der Waals surface area contributed by atoms with Crippen LogP contribution in [0.15, 0.2) is 45.3 Å². The topological polar surface area (TPSA) is 69.2 Å². The summed E-state index contributed by atoms with van der Waals surface area (Å²) >= 11 is 3.36. The highest BCUT2D eigenvalue weighted by Gasteiger charge is 2.15. The van der Waals surface area contributed by atoms with Crippen molar-refractivity contribution in [3.8, 4) is 11.5 Å². The van der Waals surface area contributed by atoms with Gasteiger partial charge in [-0.2, -0.15) is 0 Å². The van der Waals surface area contributed by atoms with Crippen LogP contribution < -0.4 is 0 Å². The van der Waals surface area contributed by atoms with Crippen LogP contribution in [0.3, 0.4) is 0 Å². The molecule has 5 nitrogen and oxygen atoms in total. The molecule has 100 valence electrons. The largest absolute Gasteiger partial charge is 0.436 e. The van der Waals surface area contributed by atoms with Gasteiger partial charge < -0.3 is 4.42 Å². The average Bonchev–Trinajstić information content (AvgIpc) is 2.84. The number of nitro groups is 1. The number of fused-ring (bicyclic) bond motifs is 1. The lowest BCUT2D eigenvalue weighted by atomic mass is 10.2. The number of nitro benzene ring substituents is 1. The zero-order valence-electron chi connectivity index (χ0n) is 10.5. The predicted molar refractivity (Wildman–Crippen MR) is 78.5 cm³/mol. The lowest BCUT2D eigenvalue weighted by molar-refractivity contribution is -0.384. The Balaban J connectivity index is 2.17. The Labute approximate surface area is 122 Å². The number of rotatable bonds is 2. The number of hydrogen-bond acceptors (Lipinski definition) is 4. The molecule has 1 aromatic heterocycles. The molecule has 3 aromatic rings. The van der Waals surface area contributed by atoms with E-state index in [9.17, 15) is 10.1 Å². The Morgan fingerprint density at radius 3 is 2.60 bits per heavy atom. The lowest BCUT2D eigenvalue weighted by Crippen LogP contribution is -1.88. The van der Waals surface area contributed by atoms with E-state index >= 15 is 0 Å². The number of halogens is 1. The van der Waals surface area contributed by atoms with Crippen molar-refractivity contribution in [3.63, 3.8) is 0 Å². The molecule has 0 atom stereocenters. The molecule has 1 heterocycles.